The number of benzene rings is 3. The fourth-order valence-corrected chi connectivity index (χ4v) is 6.57. The van der Waals surface area contributed by atoms with E-state index in [4.69, 9.17) is 23.9 Å². The van der Waals surface area contributed by atoms with E-state index >= 15 is 0 Å². The molecule has 0 unspecified atom stereocenters. The number of carbonyl (C=O) groups is 1. The fourth-order valence-electron chi connectivity index (χ4n) is 6.57. The van der Waals surface area contributed by atoms with Gasteiger partial charge in [0.2, 0.25) is 11.8 Å². The molecule has 0 radical (unpaired) electrons. The molecule has 0 aliphatic carbocycles. The van der Waals surface area contributed by atoms with Crippen molar-refractivity contribution in [3.8, 4) is 23.1 Å². The maximum atomic E-state index is 14.9. The van der Waals surface area contributed by atoms with Gasteiger partial charge in [-0.05, 0) is 62.5 Å². The number of hydrogen-bond acceptors (Lipinski definition) is 12. The van der Waals surface area contributed by atoms with Crippen LogP contribution in [0.25, 0.3) is 16.7 Å². The molecule has 56 heavy (non-hydrogen) atoms. The highest BCUT2D eigenvalue weighted by atomic mass is 16.6. The van der Waals surface area contributed by atoms with E-state index in [0.29, 0.717) is 76.8 Å². The van der Waals surface area contributed by atoms with Gasteiger partial charge in [-0.25, -0.2) is 14.8 Å². The van der Waals surface area contributed by atoms with Crippen LogP contribution in [0.3, 0.4) is 0 Å². The highest BCUT2D eigenvalue weighted by Gasteiger charge is 2.32. The molecule has 0 fully saturated rings. The summed E-state index contributed by atoms with van der Waals surface area (Å²) >= 11 is 0. The minimum Gasteiger partial charge on any atom is -0.497 e. The number of aromatic nitrogens is 4. The molecular formula is C42H44N8O6. The average molecular weight is 757 g/mol. The summed E-state index contributed by atoms with van der Waals surface area (Å²) in [4.78, 5) is 48.0. The number of methoxy groups -OCH3 is 2. The third-order valence-electron chi connectivity index (χ3n) is 9.46. The number of hydrogen-bond donors (Lipinski definition) is 1. The molecule has 0 saturated heterocycles. The normalized spacial score (nSPS) is 12.4. The standard InChI is InChI=1S/C42H44N8O6/c1-28-10-9-13-34-38(28)49(42(52)56-27-29-11-7-6-8-12-29)19-18-48(34)35-22-31-25-45-41(44-24-30-14-16-33(53-4)23-36(30)54-5)46-39(31)50(40(35)51)32-15-17-37(43-26-32)55-21-20-47(2)3/h6-17,22-23,25-26H,18-21,24,27H2,1-5H3,(H,44,45,46). The molecule has 14 nitrogen and oxygen atoms in total. The van der Waals surface area contributed by atoms with E-state index in [1.807, 2.05) is 97.5 Å². The molecule has 3 aromatic heterocycles. The van der Waals surface area contributed by atoms with Crippen LogP contribution in [0.15, 0.2) is 102 Å². The Kier molecular flexibility index (Phi) is 11.3. The van der Waals surface area contributed by atoms with E-state index in [1.54, 1.807) is 49.7 Å². The van der Waals surface area contributed by atoms with Crippen LogP contribution >= 0.6 is 0 Å². The summed E-state index contributed by atoms with van der Waals surface area (Å²) in [7, 11) is 7.15. The molecule has 288 valence electrons. The predicted molar refractivity (Wildman–Crippen MR) is 216 cm³/mol. The van der Waals surface area contributed by atoms with Crippen molar-refractivity contribution >= 4 is 40.1 Å². The summed E-state index contributed by atoms with van der Waals surface area (Å²) < 4.78 is 24.1. The van der Waals surface area contributed by atoms with Crippen molar-refractivity contribution in [2.45, 2.75) is 20.1 Å². The summed E-state index contributed by atoms with van der Waals surface area (Å²) in [6.07, 6.45) is 2.83. The number of ether oxygens (including phenoxy) is 4. The van der Waals surface area contributed by atoms with Crippen LogP contribution in [-0.2, 0) is 17.9 Å². The second-order valence-corrected chi connectivity index (χ2v) is 13.5. The molecule has 1 aliphatic rings. The zero-order chi connectivity index (χ0) is 39.2. The smallest absolute Gasteiger partial charge is 0.414 e. The van der Waals surface area contributed by atoms with Crippen molar-refractivity contribution in [3.05, 3.63) is 124 Å². The maximum Gasteiger partial charge on any atom is 0.414 e. The fraction of sp³-hybridized carbons (Fsp3) is 0.262. The zero-order valence-electron chi connectivity index (χ0n) is 32.1. The lowest BCUT2D eigenvalue weighted by atomic mass is 10.1. The van der Waals surface area contributed by atoms with Gasteiger partial charge in [-0.3, -0.25) is 14.3 Å². The van der Waals surface area contributed by atoms with Crippen molar-refractivity contribution in [1.29, 1.82) is 0 Å². The summed E-state index contributed by atoms with van der Waals surface area (Å²) in [6.45, 7) is 4.25. The third kappa shape index (κ3) is 8.05. The van der Waals surface area contributed by atoms with Crippen LogP contribution in [0.1, 0.15) is 16.7 Å². The maximum absolute atomic E-state index is 14.9. The average Bonchev–Trinajstić information content (AvgIpc) is 3.22. The highest BCUT2D eigenvalue weighted by molar-refractivity contribution is 5.97. The predicted octanol–water partition coefficient (Wildman–Crippen LogP) is 6.35. The summed E-state index contributed by atoms with van der Waals surface area (Å²) in [5.74, 6) is 2.08. The Bertz CT molecular complexity index is 2390. The van der Waals surface area contributed by atoms with E-state index in [2.05, 4.69) is 15.3 Å². The first-order valence-corrected chi connectivity index (χ1v) is 18.2. The Balaban J connectivity index is 1.26. The molecule has 1 aliphatic heterocycles. The molecule has 1 amide bonds. The molecule has 3 aromatic carbocycles. The van der Waals surface area contributed by atoms with E-state index < -0.39 is 6.09 Å². The highest BCUT2D eigenvalue weighted by Crippen LogP contribution is 2.40. The van der Waals surface area contributed by atoms with Crippen LogP contribution in [-0.4, -0.2) is 85.1 Å². The number of nitrogens with one attached hydrogen (secondary N) is 1. The van der Waals surface area contributed by atoms with Gasteiger partial charge in [0, 0.05) is 55.5 Å². The Hall–Kier alpha value is -6.67. The Morgan fingerprint density at radius 3 is 2.48 bits per heavy atom. The number of fused-ring (bicyclic) bond motifs is 2. The molecule has 6 aromatic rings. The topological polar surface area (TPSA) is 136 Å². The van der Waals surface area contributed by atoms with Crippen molar-refractivity contribution in [2.75, 3.05) is 69.7 Å². The number of nitrogens with zero attached hydrogens (tertiary/aromatic N) is 7. The minimum atomic E-state index is -0.459. The quantitative estimate of drug-likeness (QED) is 0.141. The number of carbonyl (C=O) groups excluding carboxylic acids is 1. The number of rotatable bonds is 13. The van der Waals surface area contributed by atoms with Gasteiger partial charge >= 0.3 is 6.09 Å². The monoisotopic (exact) mass is 756 g/mol. The molecule has 4 heterocycles. The van der Waals surface area contributed by atoms with Gasteiger partial charge in [0.1, 0.15) is 30.4 Å². The van der Waals surface area contributed by atoms with Crippen LogP contribution in [0.5, 0.6) is 17.4 Å². The SMILES string of the molecule is COc1ccc(CNc2ncc3cc(N4CCN(C(=O)OCc5ccccc5)c5c(C)cccc54)c(=O)n(-c4ccc(OCCN(C)C)nc4)c3n2)c(OC)c1. The molecule has 0 saturated carbocycles. The van der Waals surface area contributed by atoms with Gasteiger partial charge in [0.15, 0.2) is 5.65 Å². The molecule has 0 bridgehead atoms. The summed E-state index contributed by atoms with van der Waals surface area (Å²) in [5, 5.41) is 3.90. The van der Waals surface area contributed by atoms with Crippen LogP contribution in [0.4, 0.5) is 27.8 Å². The van der Waals surface area contributed by atoms with Gasteiger partial charge in [0.25, 0.3) is 5.56 Å². The molecule has 7 rings (SSSR count). The van der Waals surface area contributed by atoms with Gasteiger partial charge in [-0.1, -0.05) is 42.5 Å². The Morgan fingerprint density at radius 2 is 1.73 bits per heavy atom. The van der Waals surface area contributed by atoms with E-state index in [-0.39, 0.29) is 18.7 Å². The van der Waals surface area contributed by atoms with Crippen molar-refractivity contribution in [2.24, 2.45) is 0 Å². The van der Waals surface area contributed by atoms with Gasteiger partial charge in [-0.15, -0.1) is 0 Å². The first kappa shape index (κ1) is 37.6. The lowest BCUT2D eigenvalue weighted by Crippen LogP contribution is -2.44. The summed E-state index contributed by atoms with van der Waals surface area (Å²) in [6, 6.07) is 26.2. The summed E-state index contributed by atoms with van der Waals surface area (Å²) in [5.41, 5.74) is 4.95. The zero-order valence-corrected chi connectivity index (χ0v) is 32.1. The second kappa shape index (κ2) is 16.8. The number of aryl methyl sites for hydroxylation is 1. The van der Waals surface area contributed by atoms with Gasteiger partial charge in [-0.2, -0.15) is 4.98 Å². The van der Waals surface area contributed by atoms with Crippen molar-refractivity contribution in [3.63, 3.8) is 0 Å². The van der Waals surface area contributed by atoms with E-state index in [9.17, 15) is 9.59 Å². The van der Waals surface area contributed by atoms with Gasteiger partial charge < -0.3 is 34.1 Å². The minimum absolute atomic E-state index is 0.147. The van der Waals surface area contributed by atoms with Crippen molar-refractivity contribution < 1.29 is 23.7 Å². The third-order valence-corrected chi connectivity index (χ3v) is 9.46. The number of para-hydroxylation sites is 1. The molecular weight excluding hydrogens is 713 g/mol. The van der Waals surface area contributed by atoms with Crippen LogP contribution in [0.2, 0.25) is 0 Å². The van der Waals surface area contributed by atoms with Crippen LogP contribution in [0, 0.1) is 6.92 Å². The second-order valence-electron chi connectivity index (χ2n) is 13.5. The number of anilines is 4. The number of pyridine rings is 2. The molecule has 14 heteroatoms. The van der Waals surface area contributed by atoms with Crippen molar-refractivity contribution in [1.82, 2.24) is 24.4 Å². The Labute approximate surface area is 324 Å². The first-order chi connectivity index (χ1) is 27.2. The van der Waals surface area contributed by atoms with E-state index in [0.717, 1.165) is 23.2 Å². The molecule has 1 N–H and O–H groups in total. The first-order valence-electron chi connectivity index (χ1n) is 18.2. The number of amides is 1. The van der Waals surface area contributed by atoms with Crippen LogP contribution < -0.4 is 34.9 Å². The largest absolute Gasteiger partial charge is 0.497 e. The number of likely N-dealkylation sites (N-methyl/N-ethyl adjacent to an activating group) is 1. The Morgan fingerprint density at radius 1 is 0.893 bits per heavy atom. The van der Waals surface area contributed by atoms with Gasteiger partial charge in [0.05, 0.1) is 37.5 Å². The molecule has 0 spiro atoms. The lowest BCUT2D eigenvalue weighted by molar-refractivity contribution is 0.147. The van der Waals surface area contributed by atoms with E-state index in [1.165, 1.54) is 4.57 Å². The lowest BCUT2D eigenvalue weighted by Gasteiger charge is -2.38. The molecule has 0 atom stereocenters.